The molecular weight excluding hydrogens is 529 g/mol. The molecule has 0 amide bonds. The minimum Gasteiger partial charge on any atom is -0.295 e. The Kier molecular flexibility index (Phi) is 6.02. The maximum Gasteiger partial charge on any atom is 0.138 e. The molecule has 0 radical (unpaired) electrons. The van der Waals surface area contributed by atoms with Crippen LogP contribution in [0.4, 0.5) is 17.2 Å². The van der Waals surface area contributed by atoms with Gasteiger partial charge in [-0.05, 0) is 69.4 Å². The summed E-state index contributed by atoms with van der Waals surface area (Å²) in [6.45, 7) is 0. The summed E-state index contributed by atoms with van der Waals surface area (Å²) < 4.78 is 2.48. The molecule has 0 N–H and O–H groups in total. The van der Waals surface area contributed by atoms with Crippen LogP contribution in [0.25, 0.3) is 53.2 Å². The quantitative estimate of drug-likeness (QED) is 0.210. The maximum atomic E-state index is 4.99. The Morgan fingerprint density at radius 3 is 1.86 bits per heavy atom. The predicted molar refractivity (Wildman–Crippen MR) is 180 cm³/mol. The van der Waals surface area contributed by atoms with Gasteiger partial charge in [0.2, 0.25) is 0 Å². The van der Waals surface area contributed by atoms with Gasteiger partial charge >= 0.3 is 0 Å². The smallest absolute Gasteiger partial charge is 0.138 e. The highest BCUT2D eigenvalue weighted by atomic mass is 32.1. The molecule has 0 bridgehead atoms. The summed E-state index contributed by atoms with van der Waals surface area (Å²) >= 11 is 1.79. The number of hydrogen-bond donors (Lipinski definition) is 0. The zero-order valence-electron chi connectivity index (χ0n) is 22.8. The molecular formula is C39H26N2S. The lowest BCUT2D eigenvalue weighted by atomic mass is 9.98. The van der Waals surface area contributed by atoms with Crippen LogP contribution in [0.3, 0.4) is 0 Å². The molecule has 0 fully saturated rings. The first kappa shape index (κ1) is 24.5. The topological polar surface area (TPSA) is 16.1 Å². The first-order valence-corrected chi connectivity index (χ1v) is 14.9. The van der Waals surface area contributed by atoms with Crippen molar-refractivity contribution in [3.05, 3.63) is 158 Å². The van der Waals surface area contributed by atoms with Crippen LogP contribution in [0.5, 0.6) is 0 Å². The zero-order valence-corrected chi connectivity index (χ0v) is 23.6. The summed E-state index contributed by atoms with van der Waals surface area (Å²) in [6, 6.07) is 54.1. The van der Waals surface area contributed by atoms with Crippen LogP contribution in [-0.2, 0) is 0 Å². The standard InChI is InChI=1S/C39H26N2S/c1-2-9-27(10-3-1)28-17-21-31(22-18-28)41(39-25-36-35-14-6-7-16-37(35)42-38(36)26-40-39)32-23-19-30(20-24-32)34-15-8-12-29-11-4-5-13-33(29)34/h1-26H. The Morgan fingerprint density at radius 2 is 1.07 bits per heavy atom. The second kappa shape index (κ2) is 10.3. The maximum absolute atomic E-state index is 4.99. The number of aromatic nitrogens is 1. The number of pyridine rings is 1. The number of rotatable bonds is 5. The van der Waals surface area contributed by atoms with Crippen LogP contribution >= 0.6 is 11.3 Å². The van der Waals surface area contributed by atoms with E-state index in [4.69, 9.17) is 4.98 Å². The van der Waals surface area contributed by atoms with E-state index in [1.807, 2.05) is 6.20 Å². The third-order valence-corrected chi connectivity index (χ3v) is 9.06. The largest absolute Gasteiger partial charge is 0.295 e. The van der Waals surface area contributed by atoms with Crippen LogP contribution in [0.15, 0.2) is 158 Å². The van der Waals surface area contributed by atoms with E-state index in [0.717, 1.165) is 17.2 Å². The first-order valence-electron chi connectivity index (χ1n) is 14.1. The van der Waals surface area contributed by atoms with Crippen molar-refractivity contribution in [3.63, 3.8) is 0 Å². The lowest BCUT2D eigenvalue weighted by molar-refractivity contribution is 1.19. The van der Waals surface area contributed by atoms with E-state index in [0.29, 0.717) is 0 Å². The van der Waals surface area contributed by atoms with E-state index < -0.39 is 0 Å². The SMILES string of the molecule is c1ccc(-c2ccc(N(c3ccc(-c4cccc5ccccc45)cc3)c3cc4c(cn3)sc3ccccc34)cc2)cc1. The predicted octanol–water partition coefficient (Wildman–Crippen LogP) is 11.4. The Labute approximate surface area is 248 Å². The Hall–Kier alpha value is -5.25. The molecule has 2 heterocycles. The highest BCUT2D eigenvalue weighted by Crippen LogP contribution is 2.40. The molecule has 0 unspecified atom stereocenters. The fourth-order valence-corrected chi connectivity index (χ4v) is 6.91. The minimum atomic E-state index is 0.899. The van der Waals surface area contributed by atoms with Crippen molar-refractivity contribution in [1.29, 1.82) is 0 Å². The molecule has 0 aliphatic heterocycles. The van der Waals surface area contributed by atoms with Crippen molar-refractivity contribution < 1.29 is 0 Å². The first-order chi connectivity index (χ1) is 20.8. The van der Waals surface area contributed by atoms with Crippen LogP contribution < -0.4 is 4.90 Å². The van der Waals surface area contributed by atoms with E-state index in [9.17, 15) is 0 Å². The average Bonchev–Trinajstić information content (AvgIpc) is 3.44. The van der Waals surface area contributed by atoms with Crippen LogP contribution in [-0.4, -0.2) is 4.98 Å². The third-order valence-electron chi connectivity index (χ3n) is 7.94. The Balaban J connectivity index is 1.25. The van der Waals surface area contributed by atoms with Crippen molar-refractivity contribution in [3.8, 4) is 22.3 Å². The molecule has 198 valence electrons. The van der Waals surface area contributed by atoms with Gasteiger partial charge < -0.3 is 0 Å². The summed E-state index contributed by atoms with van der Waals surface area (Å²) in [6.07, 6.45) is 2.02. The monoisotopic (exact) mass is 554 g/mol. The molecule has 0 saturated carbocycles. The lowest BCUT2D eigenvalue weighted by Crippen LogP contribution is -2.11. The molecule has 0 aliphatic carbocycles. The van der Waals surface area contributed by atoms with Gasteiger partial charge in [0.25, 0.3) is 0 Å². The van der Waals surface area contributed by atoms with Crippen LogP contribution in [0.1, 0.15) is 0 Å². The van der Waals surface area contributed by atoms with Gasteiger partial charge in [0.05, 0.1) is 4.70 Å². The van der Waals surface area contributed by atoms with E-state index in [-0.39, 0.29) is 0 Å². The average molecular weight is 555 g/mol. The van der Waals surface area contributed by atoms with Crippen molar-refractivity contribution in [2.24, 2.45) is 0 Å². The molecule has 8 rings (SSSR count). The Bertz CT molecular complexity index is 2170. The molecule has 2 nitrogen and oxygen atoms in total. The lowest BCUT2D eigenvalue weighted by Gasteiger charge is -2.25. The fourth-order valence-electron chi connectivity index (χ4n) is 5.86. The van der Waals surface area contributed by atoms with E-state index >= 15 is 0 Å². The number of fused-ring (bicyclic) bond motifs is 4. The minimum absolute atomic E-state index is 0.899. The Morgan fingerprint density at radius 1 is 0.452 bits per heavy atom. The van der Waals surface area contributed by atoms with E-state index in [1.54, 1.807) is 11.3 Å². The van der Waals surface area contributed by atoms with Gasteiger partial charge in [-0.2, -0.15) is 0 Å². The van der Waals surface area contributed by atoms with Crippen molar-refractivity contribution in [2.75, 3.05) is 4.90 Å². The summed E-state index contributed by atoms with van der Waals surface area (Å²) in [5.41, 5.74) is 6.97. The number of nitrogens with zero attached hydrogens (tertiary/aromatic N) is 2. The molecule has 0 saturated heterocycles. The van der Waals surface area contributed by atoms with Gasteiger partial charge in [-0.15, -0.1) is 11.3 Å². The van der Waals surface area contributed by atoms with Crippen LogP contribution in [0.2, 0.25) is 0 Å². The molecule has 42 heavy (non-hydrogen) atoms. The molecule has 3 heteroatoms. The number of thiophene rings is 1. The normalized spacial score (nSPS) is 11.3. The second-order valence-electron chi connectivity index (χ2n) is 10.5. The number of benzene rings is 6. The van der Waals surface area contributed by atoms with Crippen molar-refractivity contribution >= 4 is 59.5 Å². The summed E-state index contributed by atoms with van der Waals surface area (Å²) in [4.78, 5) is 7.25. The summed E-state index contributed by atoms with van der Waals surface area (Å²) in [5, 5.41) is 5.02. The molecule has 0 aliphatic rings. The highest BCUT2D eigenvalue weighted by Gasteiger charge is 2.17. The molecule has 6 aromatic carbocycles. The van der Waals surface area contributed by atoms with Gasteiger partial charge in [-0.25, -0.2) is 4.98 Å². The van der Waals surface area contributed by atoms with Crippen molar-refractivity contribution in [1.82, 2.24) is 4.98 Å². The zero-order chi connectivity index (χ0) is 27.9. The van der Waals surface area contributed by atoms with Gasteiger partial charge in [0, 0.05) is 33.0 Å². The molecule has 0 atom stereocenters. The molecule has 8 aromatic rings. The number of hydrogen-bond acceptors (Lipinski definition) is 3. The van der Waals surface area contributed by atoms with Crippen molar-refractivity contribution in [2.45, 2.75) is 0 Å². The highest BCUT2D eigenvalue weighted by molar-refractivity contribution is 7.25. The number of anilines is 3. The third kappa shape index (κ3) is 4.32. The van der Waals surface area contributed by atoms with E-state index in [1.165, 1.54) is 53.2 Å². The van der Waals surface area contributed by atoms with Gasteiger partial charge in [0.15, 0.2) is 0 Å². The fraction of sp³-hybridized carbons (Fsp3) is 0. The van der Waals surface area contributed by atoms with Gasteiger partial charge in [-0.3, -0.25) is 4.90 Å². The molecule has 2 aromatic heterocycles. The van der Waals surface area contributed by atoms with Gasteiger partial charge in [-0.1, -0.05) is 115 Å². The van der Waals surface area contributed by atoms with Gasteiger partial charge in [0.1, 0.15) is 5.82 Å². The summed E-state index contributed by atoms with van der Waals surface area (Å²) in [7, 11) is 0. The van der Waals surface area contributed by atoms with E-state index in [2.05, 4.69) is 157 Å². The second-order valence-corrected chi connectivity index (χ2v) is 11.5. The summed E-state index contributed by atoms with van der Waals surface area (Å²) in [5.74, 6) is 0.899. The molecule has 0 spiro atoms. The van der Waals surface area contributed by atoms with Crippen LogP contribution in [0, 0.1) is 0 Å².